The number of fused-ring (bicyclic) bond motifs is 1. The second-order valence-corrected chi connectivity index (χ2v) is 5.21. The molecule has 3 N–H and O–H groups in total. The minimum atomic E-state index is -0.341. The number of H-pyrrole nitrogens is 1. The van der Waals surface area contributed by atoms with Crippen molar-refractivity contribution in [2.75, 3.05) is 18.4 Å². The van der Waals surface area contributed by atoms with Gasteiger partial charge in [-0.25, -0.2) is 4.39 Å². The number of benzene rings is 1. The molecule has 2 aromatic rings. The van der Waals surface area contributed by atoms with Crippen LogP contribution in [0.2, 0.25) is 0 Å². The van der Waals surface area contributed by atoms with Crippen molar-refractivity contribution in [2.45, 2.75) is 19.3 Å². The lowest BCUT2D eigenvalue weighted by Gasteiger charge is -2.07. The Hall–Kier alpha value is -1.95. The van der Waals surface area contributed by atoms with Gasteiger partial charge in [0.2, 0.25) is 5.91 Å². The molecule has 3 rings (SSSR count). The summed E-state index contributed by atoms with van der Waals surface area (Å²) in [7, 11) is 0. The molecule has 0 spiro atoms. The van der Waals surface area contributed by atoms with Crippen LogP contribution in [0, 0.1) is 11.7 Å². The van der Waals surface area contributed by atoms with Crippen molar-refractivity contribution in [3.63, 3.8) is 0 Å². The summed E-state index contributed by atoms with van der Waals surface area (Å²) in [6.45, 7) is 2.03. The molecule has 1 aromatic carbocycles. The normalized spacial score (nSPS) is 18.6. The average Bonchev–Trinajstić information content (AvgIpc) is 3.07. The van der Waals surface area contributed by atoms with Crippen LogP contribution in [0.1, 0.15) is 19.3 Å². The van der Waals surface area contributed by atoms with Crippen LogP contribution in [-0.4, -0.2) is 29.2 Å². The zero-order valence-corrected chi connectivity index (χ0v) is 11.1. The van der Waals surface area contributed by atoms with E-state index in [1.165, 1.54) is 12.1 Å². The third-order valence-corrected chi connectivity index (χ3v) is 3.72. The van der Waals surface area contributed by atoms with Gasteiger partial charge >= 0.3 is 0 Å². The Morgan fingerprint density at radius 1 is 1.50 bits per heavy atom. The molecule has 1 amide bonds. The van der Waals surface area contributed by atoms with Crippen molar-refractivity contribution in [1.29, 1.82) is 0 Å². The van der Waals surface area contributed by atoms with Crippen LogP contribution in [0.25, 0.3) is 10.9 Å². The zero-order valence-electron chi connectivity index (χ0n) is 11.1. The molecule has 1 saturated heterocycles. The molecule has 20 heavy (non-hydrogen) atoms. The fraction of sp³-hybridized carbons (Fsp3) is 0.429. The van der Waals surface area contributed by atoms with Gasteiger partial charge in [0.05, 0.1) is 5.52 Å². The van der Waals surface area contributed by atoms with Crippen molar-refractivity contribution in [1.82, 2.24) is 15.5 Å². The van der Waals surface area contributed by atoms with Crippen molar-refractivity contribution in [3.8, 4) is 0 Å². The maximum atomic E-state index is 13.2. The fourth-order valence-electron chi connectivity index (χ4n) is 2.57. The maximum absolute atomic E-state index is 13.2. The highest BCUT2D eigenvalue weighted by molar-refractivity contribution is 5.99. The Morgan fingerprint density at radius 2 is 2.40 bits per heavy atom. The number of nitrogens with zero attached hydrogens (tertiary/aromatic N) is 1. The topological polar surface area (TPSA) is 69.8 Å². The Kier molecular flexibility index (Phi) is 3.64. The minimum absolute atomic E-state index is 0.0745. The summed E-state index contributed by atoms with van der Waals surface area (Å²) < 4.78 is 13.2. The van der Waals surface area contributed by atoms with E-state index in [0.717, 1.165) is 25.9 Å². The number of carbonyl (C=O) groups is 1. The van der Waals surface area contributed by atoms with Gasteiger partial charge in [-0.3, -0.25) is 9.89 Å². The van der Waals surface area contributed by atoms with Gasteiger partial charge in [-0.1, -0.05) is 0 Å². The van der Waals surface area contributed by atoms with Crippen LogP contribution in [0.3, 0.4) is 0 Å². The Morgan fingerprint density at radius 3 is 3.20 bits per heavy atom. The lowest BCUT2D eigenvalue weighted by Crippen LogP contribution is -2.15. The lowest BCUT2D eigenvalue weighted by atomic mass is 10.0. The number of rotatable bonds is 4. The number of aromatic amines is 1. The van der Waals surface area contributed by atoms with Gasteiger partial charge in [0.15, 0.2) is 5.82 Å². The van der Waals surface area contributed by atoms with Crippen molar-refractivity contribution < 1.29 is 9.18 Å². The fourth-order valence-corrected chi connectivity index (χ4v) is 2.57. The van der Waals surface area contributed by atoms with Crippen LogP contribution >= 0.6 is 0 Å². The van der Waals surface area contributed by atoms with Crippen molar-refractivity contribution in [2.24, 2.45) is 5.92 Å². The van der Waals surface area contributed by atoms with Crippen LogP contribution in [0.5, 0.6) is 0 Å². The molecule has 6 heteroatoms. The first-order valence-corrected chi connectivity index (χ1v) is 6.86. The van der Waals surface area contributed by atoms with Gasteiger partial charge in [0, 0.05) is 11.8 Å². The summed E-state index contributed by atoms with van der Waals surface area (Å²) in [5.41, 5.74) is 0.710. The smallest absolute Gasteiger partial charge is 0.225 e. The number of anilines is 1. The van der Waals surface area contributed by atoms with E-state index >= 15 is 0 Å². The van der Waals surface area contributed by atoms with Crippen LogP contribution in [0.15, 0.2) is 18.2 Å². The number of carbonyl (C=O) groups excluding carboxylic acids is 1. The Labute approximate surface area is 115 Å². The SMILES string of the molecule is O=C(CCC1CCNC1)Nc1n[nH]c2ccc(F)cc12. The quantitative estimate of drug-likeness (QED) is 0.800. The number of hydrogen-bond acceptors (Lipinski definition) is 3. The van der Waals surface area contributed by atoms with Crippen LogP contribution < -0.4 is 10.6 Å². The maximum Gasteiger partial charge on any atom is 0.225 e. The van der Waals surface area contributed by atoms with Gasteiger partial charge in [0.25, 0.3) is 0 Å². The standard InChI is InChI=1S/C14H17FN4O/c15-10-2-3-12-11(7-10)14(19-18-12)17-13(20)4-1-9-5-6-16-8-9/h2-3,7,9,16H,1,4-6,8H2,(H2,17,18,19,20). The molecule has 1 aliphatic rings. The summed E-state index contributed by atoms with van der Waals surface area (Å²) >= 11 is 0. The summed E-state index contributed by atoms with van der Waals surface area (Å²) in [5.74, 6) is 0.559. The highest BCUT2D eigenvalue weighted by atomic mass is 19.1. The lowest BCUT2D eigenvalue weighted by molar-refractivity contribution is -0.116. The van der Waals surface area contributed by atoms with Gasteiger partial charge in [-0.05, 0) is 50.0 Å². The van der Waals surface area contributed by atoms with Gasteiger partial charge in [0.1, 0.15) is 5.82 Å². The van der Waals surface area contributed by atoms with Gasteiger partial charge in [-0.2, -0.15) is 5.10 Å². The molecule has 1 aliphatic heterocycles. The molecular weight excluding hydrogens is 259 g/mol. The zero-order chi connectivity index (χ0) is 13.9. The molecule has 0 radical (unpaired) electrons. The van der Waals surface area contributed by atoms with E-state index in [-0.39, 0.29) is 11.7 Å². The monoisotopic (exact) mass is 276 g/mol. The van der Waals surface area contributed by atoms with Crippen LogP contribution in [0.4, 0.5) is 10.2 Å². The molecule has 1 unspecified atom stereocenters. The van der Waals surface area contributed by atoms with E-state index in [4.69, 9.17) is 0 Å². The molecule has 0 bridgehead atoms. The van der Waals surface area contributed by atoms with E-state index < -0.39 is 0 Å². The molecule has 1 fully saturated rings. The highest BCUT2D eigenvalue weighted by Gasteiger charge is 2.16. The third kappa shape index (κ3) is 2.80. The molecule has 1 aromatic heterocycles. The van der Waals surface area contributed by atoms with E-state index in [1.807, 2.05) is 0 Å². The molecule has 106 valence electrons. The Balaban J connectivity index is 1.63. The average molecular weight is 276 g/mol. The van der Waals surface area contributed by atoms with Gasteiger partial charge in [-0.15, -0.1) is 0 Å². The predicted octanol–water partition coefficient (Wildman–Crippen LogP) is 2.03. The predicted molar refractivity (Wildman–Crippen MR) is 74.9 cm³/mol. The number of hydrogen-bond donors (Lipinski definition) is 3. The third-order valence-electron chi connectivity index (χ3n) is 3.72. The first kappa shape index (κ1) is 13.1. The van der Waals surface area contributed by atoms with E-state index in [1.54, 1.807) is 6.07 Å². The highest BCUT2D eigenvalue weighted by Crippen LogP contribution is 2.22. The van der Waals surface area contributed by atoms with Crippen LogP contribution in [-0.2, 0) is 4.79 Å². The summed E-state index contributed by atoms with van der Waals surface area (Å²) in [6, 6.07) is 4.34. The number of aromatic nitrogens is 2. The summed E-state index contributed by atoms with van der Waals surface area (Å²) in [5, 5.41) is 13.4. The molecule has 0 aliphatic carbocycles. The molecule has 2 heterocycles. The molecular formula is C14H17FN4O. The Bertz CT molecular complexity index is 619. The van der Waals surface area contributed by atoms with E-state index in [2.05, 4.69) is 20.8 Å². The first-order valence-electron chi connectivity index (χ1n) is 6.86. The van der Waals surface area contributed by atoms with Crippen molar-refractivity contribution >= 4 is 22.6 Å². The minimum Gasteiger partial charge on any atom is -0.316 e. The molecule has 1 atom stereocenters. The molecule has 5 nitrogen and oxygen atoms in total. The molecule has 0 saturated carbocycles. The second-order valence-electron chi connectivity index (χ2n) is 5.21. The van der Waals surface area contributed by atoms with Crippen molar-refractivity contribution in [3.05, 3.63) is 24.0 Å². The number of halogens is 1. The first-order chi connectivity index (χ1) is 9.72. The van der Waals surface area contributed by atoms with E-state index in [9.17, 15) is 9.18 Å². The number of amides is 1. The summed E-state index contributed by atoms with van der Waals surface area (Å²) in [4.78, 5) is 11.9. The van der Waals surface area contributed by atoms with E-state index in [0.29, 0.717) is 29.1 Å². The van der Waals surface area contributed by atoms with Gasteiger partial charge < -0.3 is 10.6 Å². The largest absolute Gasteiger partial charge is 0.316 e. The summed E-state index contributed by atoms with van der Waals surface area (Å²) in [6.07, 6.45) is 2.47. The number of nitrogens with one attached hydrogen (secondary N) is 3. The second kappa shape index (κ2) is 5.58.